The lowest BCUT2D eigenvalue weighted by atomic mass is 9.98. The molecule has 0 radical (unpaired) electrons. The number of pyridine rings is 1. The van der Waals surface area contributed by atoms with E-state index in [1.165, 1.54) is 31.5 Å². The molecule has 0 spiro atoms. The predicted molar refractivity (Wildman–Crippen MR) is 128 cm³/mol. The highest BCUT2D eigenvalue weighted by Gasteiger charge is 2.17. The van der Waals surface area contributed by atoms with E-state index in [9.17, 15) is 4.79 Å². The van der Waals surface area contributed by atoms with E-state index < -0.39 is 0 Å². The maximum atomic E-state index is 13.1. The molecule has 4 rings (SSSR count). The molecule has 4 nitrogen and oxygen atoms in total. The largest absolute Gasteiger partial charge is 0.352 e. The number of piperidine rings is 1. The average Bonchev–Trinajstić information content (AvgIpc) is 2.76. The minimum atomic E-state index is -0.0106. The first-order valence-electron chi connectivity index (χ1n) is 11.5. The van der Waals surface area contributed by atoms with Gasteiger partial charge in [-0.3, -0.25) is 9.78 Å². The van der Waals surface area contributed by atoms with Crippen molar-refractivity contribution in [2.75, 3.05) is 26.2 Å². The number of benzene rings is 2. The fourth-order valence-electron chi connectivity index (χ4n) is 4.62. The Balaban J connectivity index is 1.50. The van der Waals surface area contributed by atoms with Gasteiger partial charge >= 0.3 is 0 Å². The quantitative estimate of drug-likeness (QED) is 0.551. The fraction of sp³-hybridized carbons (Fsp3) is 0.407. The number of amides is 1. The predicted octanol–water partition coefficient (Wildman–Crippen LogP) is 5.37. The van der Waals surface area contributed by atoms with Crippen molar-refractivity contribution in [3.05, 3.63) is 65.4 Å². The molecule has 4 heteroatoms. The monoisotopic (exact) mass is 415 g/mol. The number of carbonyl (C=O) groups is 1. The highest BCUT2D eigenvalue weighted by atomic mass is 16.1. The van der Waals surface area contributed by atoms with Crippen molar-refractivity contribution in [1.29, 1.82) is 0 Å². The molecule has 0 saturated carbocycles. The molecule has 3 aromatic rings. The van der Waals surface area contributed by atoms with Gasteiger partial charge in [0.05, 0.1) is 11.1 Å². The number of fused-ring (bicyclic) bond motifs is 1. The highest BCUT2D eigenvalue weighted by Crippen LogP contribution is 2.30. The third-order valence-corrected chi connectivity index (χ3v) is 6.25. The zero-order valence-corrected chi connectivity index (χ0v) is 18.9. The Bertz CT molecular complexity index is 1060. The summed E-state index contributed by atoms with van der Waals surface area (Å²) < 4.78 is 0. The first kappa shape index (κ1) is 21.5. The van der Waals surface area contributed by atoms with Crippen LogP contribution in [0.2, 0.25) is 0 Å². The number of likely N-dealkylation sites (tertiary alicyclic amines) is 1. The fourth-order valence-corrected chi connectivity index (χ4v) is 4.62. The molecule has 1 fully saturated rings. The Hall–Kier alpha value is -2.72. The number of hydrogen-bond donors (Lipinski definition) is 1. The van der Waals surface area contributed by atoms with E-state index in [2.05, 4.69) is 54.4 Å². The molecule has 1 atom stereocenters. The van der Waals surface area contributed by atoms with Crippen molar-refractivity contribution >= 4 is 16.8 Å². The summed E-state index contributed by atoms with van der Waals surface area (Å²) >= 11 is 0. The molecular weight excluding hydrogens is 382 g/mol. The molecule has 1 saturated heterocycles. The summed E-state index contributed by atoms with van der Waals surface area (Å²) in [5, 5.41) is 4.05. The van der Waals surface area contributed by atoms with E-state index in [4.69, 9.17) is 4.98 Å². The molecule has 1 amide bonds. The summed E-state index contributed by atoms with van der Waals surface area (Å²) in [6, 6.07) is 16.5. The maximum Gasteiger partial charge on any atom is 0.252 e. The van der Waals surface area contributed by atoms with Crippen LogP contribution in [0.3, 0.4) is 0 Å². The summed E-state index contributed by atoms with van der Waals surface area (Å²) in [6.07, 6.45) is 3.61. The van der Waals surface area contributed by atoms with Crippen molar-refractivity contribution in [3.8, 4) is 11.1 Å². The van der Waals surface area contributed by atoms with Gasteiger partial charge in [-0.25, -0.2) is 0 Å². The zero-order chi connectivity index (χ0) is 21.8. The molecule has 31 heavy (non-hydrogen) atoms. The van der Waals surface area contributed by atoms with E-state index in [1.807, 2.05) is 25.1 Å². The number of carbonyl (C=O) groups excluding carboxylic acids is 1. The van der Waals surface area contributed by atoms with Crippen molar-refractivity contribution in [2.45, 2.75) is 40.0 Å². The van der Waals surface area contributed by atoms with Gasteiger partial charge in [-0.15, -0.1) is 0 Å². The Morgan fingerprint density at radius 1 is 1.16 bits per heavy atom. The summed E-state index contributed by atoms with van der Waals surface area (Å²) in [4.78, 5) is 20.4. The second-order valence-electron chi connectivity index (χ2n) is 9.04. The summed E-state index contributed by atoms with van der Waals surface area (Å²) in [5.74, 6) is 0.779. The van der Waals surface area contributed by atoms with Gasteiger partial charge in [-0.2, -0.15) is 0 Å². The first-order valence-corrected chi connectivity index (χ1v) is 11.5. The van der Waals surface area contributed by atoms with Crippen LogP contribution in [0.4, 0.5) is 0 Å². The first-order chi connectivity index (χ1) is 15.0. The molecule has 0 unspecified atom stereocenters. The van der Waals surface area contributed by atoms with E-state index in [1.54, 1.807) is 0 Å². The van der Waals surface area contributed by atoms with Gasteiger partial charge in [0.15, 0.2) is 0 Å². The van der Waals surface area contributed by atoms with Gasteiger partial charge in [0.25, 0.3) is 5.91 Å². The second-order valence-corrected chi connectivity index (χ2v) is 9.04. The van der Waals surface area contributed by atoms with Crippen molar-refractivity contribution < 1.29 is 4.79 Å². The molecule has 1 aromatic heterocycles. The second kappa shape index (κ2) is 9.61. The number of nitrogens with one attached hydrogen (secondary N) is 1. The lowest BCUT2D eigenvalue weighted by molar-refractivity contribution is 0.0951. The van der Waals surface area contributed by atoms with Crippen molar-refractivity contribution in [3.63, 3.8) is 0 Å². The van der Waals surface area contributed by atoms with Gasteiger partial charge in [0.2, 0.25) is 0 Å². The van der Waals surface area contributed by atoms with E-state index in [0.29, 0.717) is 12.1 Å². The number of aromatic nitrogens is 1. The standard InChI is InChI=1S/C27H33N3O/c1-19-10-12-22(13-11-19)23-8-4-9-24-25(17-21(3)29-26(23)24)27(31)28-14-6-16-30-15-5-7-20(2)18-30/h4,8-13,17,20H,5-7,14-16,18H2,1-3H3,(H,28,31)/t20-/m1/s1. The van der Waals surface area contributed by atoms with Crippen LogP contribution in [0.25, 0.3) is 22.0 Å². The smallest absolute Gasteiger partial charge is 0.252 e. The number of aryl methyl sites for hydroxylation is 2. The van der Waals surface area contributed by atoms with Gasteiger partial charge in [-0.05, 0) is 63.7 Å². The van der Waals surface area contributed by atoms with Crippen LogP contribution in [0.15, 0.2) is 48.5 Å². The van der Waals surface area contributed by atoms with Crippen LogP contribution in [-0.2, 0) is 0 Å². The lowest BCUT2D eigenvalue weighted by Crippen LogP contribution is -2.36. The number of para-hydroxylation sites is 1. The third kappa shape index (κ3) is 5.13. The minimum Gasteiger partial charge on any atom is -0.352 e. The zero-order valence-electron chi connectivity index (χ0n) is 18.9. The molecule has 0 bridgehead atoms. The third-order valence-electron chi connectivity index (χ3n) is 6.25. The Morgan fingerprint density at radius 2 is 1.97 bits per heavy atom. The van der Waals surface area contributed by atoms with Crippen molar-refractivity contribution in [2.24, 2.45) is 5.92 Å². The lowest BCUT2D eigenvalue weighted by Gasteiger charge is -2.30. The minimum absolute atomic E-state index is 0.0106. The molecule has 2 aromatic carbocycles. The van der Waals surface area contributed by atoms with E-state index in [-0.39, 0.29) is 5.91 Å². The normalized spacial score (nSPS) is 17.1. The molecule has 2 heterocycles. The number of rotatable bonds is 6. The van der Waals surface area contributed by atoms with Gasteiger partial charge in [-0.1, -0.05) is 55.0 Å². The summed E-state index contributed by atoms with van der Waals surface area (Å²) in [5.41, 5.74) is 5.87. The molecule has 1 aliphatic heterocycles. The van der Waals surface area contributed by atoms with Crippen LogP contribution in [0, 0.1) is 19.8 Å². The van der Waals surface area contributed by atoms with Gasteiger partial charge in [0.1, 0.15) is 0 Å². The SMILES string of the molecule is Cc1ccc(-c2cccc3c(C(=O)NCCCN4CCC[C@@H](C)C4)cc(C)nc23)cc1. The molecular formula is C27H33N3O. The molecule has 0 aliphatic carbocycles. The summed E-state index contributed by atoms with van der Waals surface area (Å²) in [6.45, 7) is 10.5. The Labute approximate surface area is 185 Å². The Kier molecular flexibility index (Phi) is 6.67. The van der Waals surface area contributed by atoms with Crippen LogP contribution >= 0.6 is 0 Å². The highest BCUT2D eigenvalue weighted by molar-refractivity contribution is 6.09. The van der Waals surface area contributed by atoms with Gasteiger partial charge in [0, 0.05) is 29.7 Å². The molecule has 1 N–H and O–H groups in total. The van der Waals surface area contributed by atoms with Gasteiger partial charge < -0.3 is 10.2 Å². The van der Waals surface area contributed by atoms with Crippen molar-refractivity contribution in [1.82, 2.24) is 15.2 Å². The van der Waals surface area contributed by atoms with E-state index in [0.717, 1.165) is 46.6 Å². The Morgan fingerprint density at radius 3 is 2.74 bits per heavy atom. The van der Waals surface area contributed by atoms with Crippen LogP contribution in [0.5, 0.6) is 0 Å². The van der Waals surface area contributed by atoms with E-state index >= 15 is 0 Å². The number of nitrogens with zero attached hydrogens (tertiary/aromatic N) is 2. The topological polar surface area (TPSA) is 45.2 Å². The number of hydrogen-bond acceptors (Lipinski definition) is 3. The summed E-state index contributed by atoms with van der Waals surface area (Å²) in [7, 11) is 0. The molecule has 162 valence electrons. The maximum absolute atomic E-state index is 13.1. The molecule has 1 aliphatic rings. The average molecular weight is 416 g/mol. The van der Waals surface area contributed by atoms with Crippen LogP contribution in [0.1, 0.15) is 47.8 Å². The van der Waals surface area contributed by atoms with Crippen LogP contribution < -0.4 is 5.32 Å². The van der Waals surface area contributed by atoms with Crippen LogP contribution in [-0.4, -0.2) is 42.0 Å².